The van der Waals surface area contributed by atoms with Crippen LogP contribution in [-0.4, -0.2) is 50.4 Å². The maximum atomic E-state index is 10.2. The van der Waals surface area contributed by atoms with E-state index >= 15 is 0 Å². The fourth-order valence-electron chi connectivity index (χ4n) is 3.38. The average Bonchev–Trinajstić information content (AvgIpc) is 3.29. The van der Waals surface area contributed by atoms with Gasteiger partial charge in [0.2, 0.25) is 0 Å². The van der Waals surface area contributed by atoms with E-state index in [1.807, 2.05) is 49.4 Å². The molecular weight excluding hydrogens is 477 g/mol. The lowest BCUT2D eigenvalue weighted by Gasteiger charge is -2.27. The van der Waals surface area contributed by atoms with E-state index in [1.54, 1.807) is 6.20 Å². The second-order valence-electron chi connectivity index (χ2n) is 8.92. The molecule has 0 aliphatic carbocycles. The molecule has 0 spiro atoms. The Labute approximate surface area is 210 Å². The van der Waals surface area contributed by atoms with Crippen LogP contribution in [0.3, 0.4) is 0 Å². The van der Waals surface area contributed by atoms with Crippen molar-refractivity contribution in [1.29, 1.82) is 0 Å². The van der Waals surface area contributed by atoms with Crippen molar-refractivity contribution in [3.8, 4) is 11.5 Å². The van der Waals surface area contributed by atoms with Crippen molar-refractivity contribution < 1.29 is 19.7 Å². The van der Waals surface area contributed by atoms with Crippen molar-refractivity contribution in [3.05, 3.63) is 70.5 Å². The van der Waals surface area contributed by atoms with Crippen LogP contribution >= 0.6 is 23.2 Å². The van der Waals surface area contributed by atoms with Crippen LogP contribution in [0.5, 0.6) is 11.5 Å². The topological polar surface area (TPSA) is 89.6 Å². The zero-order valence-corrected chi connectivity index (χ0v) is 21.1. The molecule has 2 atom stereocenters. The van der Waals surface area contributed by atoms with Crippen molar-refractivity contribution >= 4 is 23.2 Å². The fourth-order valence-corrected chi connectivity index (χ4v) is 3.70. The summed E-state index contributed by atoms with van der Waals surface area (Å²) in [6.07, 6.45) is 0.825. The smallest absolute Gasteiger partial charge is 0.137 e. The maximum Gasteiger partial charge on any atom is 0.137 e. The third-order valence-electron chi connectivity index (χ3n) is 5.60. The van der Waals surface area contributed by atoms with Crippen molar-refractivity contribution in [2.24, 2.45) is 5.92 Å². The first kappa shape index (κ1) is 26.3. The Morgan fingerprint density at radius 3 is 2.38 bits per heavy atom. The first-order valence-corrected chi connectivity index (χ1v) is 12.0. The molecule has 184 valence electrons. The number of aliphatic hydroxyl groups excluding tert-OH is 2. The van der Waals surface area contributed by atoms with Gasteiger partial charge in [0.05, 0.1) is 31.0 Å². The highest BCUT2D eigenvalue weighted by Gasteiger charge is 2.24. The van der Waals surface area contributed by atoms with Gasteiger partial charge < -0.3 is 19.7 Å². The molecule has 1 heterocycles. The van der Waals surface area contributed by atoms with Crippen LogP contribution in [-0.2, 0) is 18.6 Å². The molecule has 0 bridgehead atoms. The molecule has 0 aliphatic rings. The van der Waals surface area contributed by atoms with Gasteiger partial charge >= 0.3 is 0 Å². The molecule has 0 aliphatic heterocycles. The molecule has 7 nitrogen and oxygen atoms in total. The van der Waals surface area contributed by atoms with E-state index in [0.717, 1.165) is 11.1 Å². The molecule has 3 aromatic rings. The van der Waals surface area contributed by atoms with E-state index in [-0.39, 0.29) is 31.1 Å². The van der Waals surface area contributed by atoms with Gasteiger partial charge in [0.15, 0.2) is 0 Å². The lowest BCUT2D eigenvalue weighted by atomic mass is 9.78. The minimum absolute atomic E-state index is 0.108. The zero-order valence-electron chi connectivity index (χ0n) is 19.6. The van der Waals surface area contributed by atoms with Gasteiger partial charge in [0.25, 0.3) is 0 Å². The Kier molecular flexibility index (Phi) is 9.19. The summed E-state index contributed by atoms with van der Waals surface area (Å²) in [6.45, 7) is 6.95. The van der Waals surface area contributed by atoms with Crippen LogP contribution in [0.15, 0.2) is 48.7 Å². The number of halogens is 2. The molecule has 3 rings (SSSR count). The average molecular weight is 508 g/mol. The summed E-state index contributed by atoms with van der Waals surface area (Å²) in [4.78, 5) is 0. The predicted octanol–water partition coefficient (Wildman–Crippen LogP) is 4.44. The van der Waals surface area contributed by atoms with E-state index in [0.29, 0.717) is 34.7 Å². The van der Waals surface area contributed by atoms with Gasteiger partial charge in [-0.05, 0) is 35.4 Å². The Morgan fingerprint density at radius 1 is 1.06 bits per heavy atom. The van der Waals surface area contributed by atoms with Gasteiger partial charge in [-0.2, -0.15) is 0 Å². The second-order valence-corrected chi connectivity index (χ2v) is 9.64. The van der Waals surface area contributed by atoms with E-state index in [4.69, 9.17) is 37.8 Å². The van der Waals surface area contributed by atoms with Gasteiger partial charge in [0, 0.05) is 17.2 Å². The molecule has 9 heteroatoms. The highest BCUT2D eigenvalue weighted by Crippen LogP contribution is 2.36. The van der Waals surface area contributed by atoms with Gasteiger partial charge in [-0.1, -0.05) is 55.8 Å². The minimum atomic E-state index is -0.764. The number of benzene rings is 2. The predicted molar refractivity (Wildman–Crippen MR) is 133 cm³/mol. The molecule has 0 saturated carbocycles. The molecule has 34 heavy (non-hydrogen) atoms. The van der Waals surface area contributed by atoms with Gasteiger partial charge in [0.1, 0.15) is 29.9 Å². The van der Waals surface area contributed by atoms with Crippen molar-refractivity contribution in [3.63, 3.8) is 0 Å². The Balaban J connectivity index is 1.59. The van der Waals surface area contributed by atoms with Crippen molar-refractivity contribution in [2.75, 3.05) is 19.1 Å². The highest BCUT2D eigenvalue weighted by atomic mass is 35.5. The van der Waals surface area contributed by atoms with E-state index in [2.05, 4.69) is 24.2 Å². The number of alkyl halides is 1. The van der Waals surface area contributed by atoms with Crippen LogP contribution in [0.2, 0.25) is 5.02 Å². The third kappa shape index (κ3) is 6.85. The minimum Gasteiger partial charge on any atom is -0.492 e. The van der Waals surface area contributed by atoms with Crippen LogP contribution in [0.4, 0.5) is 0 Å². The summed E-state index contributed by atoms with van der Waals surface area (Å²) in [5.74, 6) is 2.09. The van der Waals surface area contributed by atoms with E-state index in [9.17, 15) is 5.11 Å². The van der Waals surface area contributed by atoms with Crippen LogP contribution in [0.1, 0.15) is 37.6 Å². The second kappa shape index (κ2) is 11.9. The summed E-state index contributed by atoms with van der Waals surface area (Å²) >= 11 is 12.3. The molecule has 1 aromatic heterocycles. The normalized spacial score (nSPS) is 13.5. The highest BCUT2D eigenvalue weighted by molar-refractivity contribution is 6.32. The molecular formula is C25H31Cl2N3O4. The molecule has 0 amide bonds. The maximum absolute atomic E-state index is 10.2. The lowest BCUT2D eigenvalue weighted by Crippen LogP contribution is -2.24. The van der Waals surface area contributed by atoms with Crippen molar-refractivity contribution in [2.45, 2.75) is 45.4 Å². The van der Waals surface area contributed by atoms with E-state index < -0.39 is 6.10 Å². The number of aromatic nitrogens is 3. The van der Waals surface area contributed by atoms with Crippen LogP contribution in [0.25, 0.3) is 0 Å². The van der Waals surface area contributed by atoms with Crippen LogP contribution < -0.4 is 9.47 Å². The fraction of sp³-hybridized carbons (Fsp3) is 0.440. The van der Waals surface area contributed by atoms with Crippen LogP contribution in [0, 0.1) is 5.92 Å². The largest absolute Gasteiger partial charge is 0.492 e. The molecule has 2 aromatic carbocycles. The first-order valence-electron chi connectivity index (χ1n) is 11.1. The van der Waals surface area contributed by atoms with Crippen molar-refractivity contribution in [1.82, 2.24) is 15.0 Å². The standard InChI is InChI=1S/C25H31Cl2N3O4/c1-17(11-26)15-34-24-9-6-19(10-23(24)27)25(2,3)18-4-7-22(8-5-18)33-16-21(32)13-30-12-20(14-31)28-29-30/h4-10,12,17,21,31-32H,11,13-16H2,1-3H3. The Morgan fingerprint density at radius 2 is 1.76 bits per heavy atom. The summed E-state index contributed by atoms with van der Waals surface area (Å²) in [5, 5.41) is 27.5. The van der Waals surface area contributed by atoms with Gasteiger partial charge in [-0.15, -0.1) is 16.7 Å². The number of aliphatic hydroxyl groups is 2. The van der Waals surface area contributed by atoms with Gasteiger partial charge in [-0.3, -0.25) is 0 Å². The molecule has 2 N–H and O–H groups in total. The summed E-state index contributed by atoms with van der Waals surface area (Å²) < 4.78 is 13.0. The molecule has 0 radical (unpaired) electrons. The monoisotopic (exact) mass is 507 g/mol. The quantitative estimate of drug-likeness (QED) is 0.352. The molecule has 0 fully saturated rings. The number of hydrogen-bond acceptors (Lipinski definition) is 6. The number of ether oxygens (including phenoxy) is 2. The first-order chi connectivity index (χ1) is 16.2. The number of hydrogen-bond donors (Lipinski definition) is 2. The molecule has 2 unspecified atom stereocenters. The zero-order chi connectivity index (χ0) is 24.7. The molecule has 0 saturated heterocycles. The summed E-state index contributed by atoms with van der Waals surface area (Å²) in [6, 6.07) is 13.7. The number of rotatable bonds is 12. The SMILES string of the molecule is CC(CCl)COc1ccc(C(C)(C)c2ccc(OCC(O)Cn3cc(CO)nn3)cc2)cc1Cl. The third-order valence-corrected chi connectivity index (χ3v) is 6.43. The summed E-state index contributed by atoms with van der Waals surface area (Å²) in [7, 11) is 0. The lowest BCUT2D eigenvalue weighted by molar-refractivity contribution is 0.0888. The Bertz CT molecular complexity index is 1060. The van der Waals surface area contributed by atoms with E-state index in [1.165, 1.54) is 4.68 Å². The van der Waals surface area contributed by atoms with Gasteiger partial charge in [-0.25, -0.2) is 4.68 Å². The number of nitrogens with zero attached hydrogens (tertiary/aromatic N) is 3. The Hall–Kier alpha value is -2.32. The summed E-state index contributed by atoms with van der Waals surface area (Å²) in [5.41, 5.74) is 2.33.